The lowest BCUT2D eigenvalue weighted by molar-refractivity contribution is -0.117. The summed E-state index contributed by atoms with van der Waals surface area (Å²) < 4.78 is 40.6. The SMILES string of the molecule is COc1ccc(N(C(=O)Cc2cc(C(=O)Cc3ccc(CN4CCN(C)CC4)c(C(C)(F)F)c3)ccc2C)c2ccnc(N)n2)c(OC)c1. The van der Waals surface area contributed by atoms with E-state index >= 15 is 0 Å². The summed E-state index contributed by atoms with van der Waals surface area (Å²) in [5, 5.41) is 0. The average molecular weight is 673 g/mol. The fraction of sp³-hybridized carbons (Fsp3) is 0.351. The van der Waals surface area contributed by atoms with Crippen molar-refractivity contribution in [2.24, 2.45) is 0 Å². The van der Waals surface area contributed by atoms with Crippen LogP contribution in [0.4, 0.5) is 26.2 Å². The molecule has 1 amide bonds. The Morgan fingerprint density at radius 1 is 0.939 bits per heavy atom. The standard InChI is InChI=1S/C37H42F2N6O4/c1-24-6-8-26(32(46)19-25-7-9-27(30(18-25)37(2,38)39)23-44-16-14-43(3)15-17-44)20-28(24)21-35(47)45(34-12-13-41-36(40)42-34)31-11-10-29(48-4)22-33(31)49-5/h6-13,18,20,22H,14-17,19,21,23H2,1-5H3,(H2,40,41,42). The predicted octanol–water partition coefficient (Wildman–Crippen LogP) is 5.58. The van der Waals surface area contributed by atoms with Gasteiger partial charge in [-0.1, -0.05) is 24.3 Å². The maximum absolute atomic E-state index is 14.8. The molecule has 1 fully saturated rings. The topological polar surface area (TPSA) is 114 Å². The van der Waals surface area contributed by atoms with Gasteiger partial charge < -0.3 is 20.1 Å². The second kappa shape index (κ2) is 15.1. The molecule has 0 saturated carbocycles. The highest BCUT2D eigenvalue weighted by Gasteiger charge is 2.30. The third-order valence-electron chi connectivity index (χ3n) is 8.78. The number of amides is 1. The summed E-state index contributed by atoms with van der Waals surface area (Å²) in [7, 11) is 5.07. The normalized spacial score (nSPS) is 14.0. The molecule has 4 aromatic rings. The Labute approximate surface area is 285 Å². The number of nitrogens with zero attached hydrogens (tertiary/aromatic N) is 5. The van der Waals surface area contributed by atoms with E-state index in [9.17, 15) is 18.4 Å². The third-order valence-corrected chi connectivity index (χ3v) is 8.78. The highest BCUT2D eigenvalue weighted by molar-refractivity contribution is 6.03. The van der Waals surface area contributed by atoms with Gasteiger partial charge >= 0.3 is 0 Å². The molecule has 1 aliphatic rings. The lowest BCUT2D eigenvalue weighted by atomic mass is 9.94. The zero-order chi connectivity index (χ0) is 35.3. The first-order valence-electron chi connectivity index (χ1n) is 16.0. The number of hydrogen-bond acceptors (Lipinski definition) is 9. The molecule has 3 aromatic carbocycles. The summed E-state index contributed by atoms with van der Waals surface area (Å²) in [6.45, 7) is 6.56. The van der Waals surface area contributed by atoms with E-state index in [1.165, 1.54) is 31.4 Å². The minimum absolute atomic E-state index is 0.0112. The third kappa shape index (κ3) is 8.57. The second-order valence-corrected chi connectivity index (χ2v) is 12.4. The van der Waals surface area contributed by atoms with Crippen molar-refractivity contribution >= 4 is 29.1 Å². The van der Waals surface area contributed by atoms with Gasteiger partial charge in [0.05, 0.1) is 26.3 Å². The largest absolute Gasteiger partial charge is 0.497 e. The van der Waals surface area contributed by atoms with Gasteiger partial charge in [-0.3, -0.25) is 19.4 Å². The van der Waals surface area contributed by atoms with Gasteiger partial charge in [-0.05, 0) is 60.5 Å². The van der Waals surface area contributed by atoms with E-state index in [0.717, 1.165) is 38.7 Å². The van der Waals surface area contributed by atoms with Crippen molar-refractivity contribution in [1.29, 1.82) is 0 Å². The Hall–Kier alpha value is -4.94. The second-order valence-electron chi connectivity index (χ2n) is 12.4. The number of carbonyl (C=O) groups excluding carboxylic acids is 2. The van der Waals surface area contributed by atoms with E-state index in [0.29, 0.717) is 46.0 Å². The number of aryl methyl sites for hydroxylation is 1. The summed E-state index contributed by atoms with van der Waals surface area (Å²) in [6.07, 6.45) is 1.31. The van der Waals surface area contributed by atoms with Crippen LogP contribution in [0, 0.1) is 6.92 Å². The summed E-state index contributed by atoms with van der Waals surface area (Å²) in [4.78, 5) is 41.7. The van der Waals surface area contributed by atoms with Crippen LogP contribution in [0.1, 0.15) is 45.1 Å². The van der Waals surface area contributed by atoms with Crippen LogP contribution in [-0.2, 0) is 30.1 Å². The zero-order valence-electron chi connectivity index (χ0n) is 28.5. The number of aromatic nitrogens is 2. The highest BCUT2D eigenvalue weighted by Crippen LogP contribution is 2.37. The Morgan fingerprint density at radius 2 is 1.69 bits per heavy atom. The van der Waals surface area contributed by atoms with Crippen molar-refractivity contribution < 1.29 is 27.8 Å². The molecular weight excluding hydrogens is 630 g/mol. The van der Waals surface area contributed by atoms with Crippen molar-refractivity contribution in [3.63, 3.8) is 0 Å². The van der Waals surface area contributed by atoms with E-state index in [2.05, 4.69) is 26.8 Å². The number of hydrogen-bond donors (Lipinski definition) is 1. The van der Waals surface area contributed by atoms with Crippen molar-refractivity contribution in [3.8, 4) is 11.5 Å². The number of benzene rings is 3. The summed E-state index contributed by atoms with van der Waals surface area (Å²) >= 11 is 0. The molecule has 5 rings (SSSR count). The molecule has 49 heavy (non-hydrogen) atoms. The molecule has 0 aliphatic carbocycles. The van der Waals surface area contributed by atoms with Gasteiger partial charge in [0.1, 0.15) is 17.3 Å². The van der Waals surface area contributed by atoms with Crippen LogP contribution < -0.4 is 20.1 Å². The molecule has 0 spiro atoms. The van der Waals surface area contributed by atoms with Gasteiger partial charge in [0.15, 0.2) is 5.78 Å². The first-order chi connectivity index (χ1) is 23.4. The van der Waals surface area contributed by atoms with Crippen LogP contribution in [0.15, 0.2) is 66.9 Å². The number of likely N-dealkylation sites (N-methyl/N-ethyl adjacent to an activating group) is 1. The van der Waals surface area contributed by atoms with Crippen LogP contribution in [0.2, 0.25) is 0 Å². The summed E-state index contributed by atoms with van der Waals surface area (Å²) in [5.41, 5.74) is 9.09. The molecule has 0 atom stereocenters. The number of Topliss-reactive ketones (excluding diaryl/α,β-unsaturated/α-hetero) is 1. The Morgan fingerprint density at radius 3 is 2.37 bits per heavy atom. The molecule has 1 saturated heterocycles. The predicted molar refractivity (Wildman–Crippen MR) is 185 cm³/mol. The number of ketones is 1. The first-order valence-corrected chi connectivity index (χ1v) is 16.0. The van der Waals surface area contributed by atoms with E-state index < -0.39 is 5.92 Å². The zero-order valence-corrected chi connectivity index (χ0v) is 28.5. The van der Waals surface area contributed by atoms with Crippen molar-refractivity contribution in [3.05, 3.63) is 100 Å². The number of alkyl halides is 2. The van der Waals surface area contributed by atoms with Crippen LogP contribution >= 0.6 is 0 Å². The van der Waals surface area contributed by atoms with Gasteiger partial charge in [0.25, 0.3) is 5.92 Å². The molecule has 258 valence electrons. The number of carbonyl (C=O) groups is 2. The maximum Gasteiger partial charge on any atom is 0.270 e. The number of rotatable bonds is 12. The number of anilines is 3. The molecule has 1 aliphatic heterocycles. The molecule has 10 nitrogen and oxygen atoms in total. The fourth-order valence-corrected chi connectivity index (χ4v) is 5.94. The minimum atomic E-state index is -3.06. The van der Waals surface area contributed by atoms with Crippen LogP contribution in [0.25, 0.3) is 0 Å². The van der Waals surface area contributed by atoms with Crippen LogP contribution in [-0.4, -0.2) is 78.9 Å². The quantitative estimate of drug-likeness (QED) is 0.193. The smallest absolute Gasteiger partial charge is 0.270 e. The number of methoxy groups -OCH3 is 2. The maximum atomic E-state index is 14.8. The fourth-order valence-electron chi connectivity index (χ4n) is 5.94. The van der Waals surface area contributed by atoms with Crippen LogP contribution in [0.5, 0.6) is 11.5 Å². The van der Waals surface area contributed by atoms with E-state index in [1.54, 1.807) is 54.6 Å². The average Bonchev–Trinajstić information content (AvgIpc) is 3.07. The van der Waals surface area contributed by atoms with Crippen LogP contribution in [0.3, 0.4) is 0 Å². The van der Waals surface area contributed by atoms with Gasteiger partial charge in [-0.2, -0.15) is 4.98 Å². The Balaban J connectivity index is 1.39. The lowest BCUT2D eigenvalue weighted by Crippen LogP contribution is -2.44. The van der Waals surface area contributed by atoms with Crippen molar-refractivity contribution in [2.45, 2.75) is 39.2 Å². The Kier molecular flexibility index (Phi) is 10.9. The molecule has 0 unspecified atom stereocenters. The number of halogens is 2. The molecule has 0 bridgehead atoms. The molecule has 12 heteroatoms. The molecular formula is C37H42F2N6O4. The summed E-state index contributed by atoms with van der Waals surface area (Å²) in [6, 6.07) is 16.7. The molecule has 2 N–H and O–H groups in total. The summed E-state index contributed by atoms with van der Waals surface area (Å²) in [5.74, 6) is -2.53. The Bertz CT molecular complexity index is 1820. The number of nitrogens with two attached hydrogens (primary N) is 1. The van der Waals surface area contributed by atoms with Gasteiger partial charge in [-0.15, -0.1) is 0 Å². The number of piperazine rings is 1. The van der Waals surface area contributed by atoms with Crippen molar-refractivity contribution in [2.75, 3.05) is 58.1 Å². The molecule has 0 radical (unpaired) electrons. The van der Waals surface area contributed by atoms with E-state index in [4.69, 9.17) is 15.2 Å². The molecule has 1 aromatic heterocycles. The first kappa shape index (κ1) is 35.4. The minimum Gasteiger partial charge on any atom is -0.497 e. The number of nitrogen functional groups attached to an aromatic ring is 1. The number of ether oxygens (including phenoxy) is 2. The van der Waals surface area contributed by atoms with Gasteiger partial charge in [-0.25, -0.2) is 13.8 Å². The van der Waals surface area contributed by atoms with Gasteiger partial charge in [0, 0.05) is 75.5 Å². The molecule has 2 heterocycles. The highest BCUT2D eigenvalue weighted by atomic mass is 19.3. The monoisotopic (exact) mass is 672 g/mol. The van der Waals surface area contributed by atoms with Crippen molar-refractivity contribution in [1.82, 2.24) is 19.8 Å². The van der Waals surface area contributed by atoms with E-state index in [-0.39, 0.29) is 41.9 Å². The van der Waals surface area contributed by atoms with Gasteiger partial charge in [0.2, 0.25) is 11.9 Å². The lowest BCUT2D eigenvalue weighted by Gasteiger charge is -2.33. The van der Waals surface area contributed by atoms with E-state index in [1.807, 2.05) is 6.92 Å².